The van der Waals surface area contributed by atoms with Crippen LogP contribution in [-0.2, 0) is 6.54 Å². The molecule has 1 aliphatic heterocycles. The second-order valence-corrected chi connectivity index (χ2v) is 5.52. The van der Waals surface area contributed by atoms with Crippen molar-refractivity contribution >= 4 is 11.8 Å². The molecule has 2 atom stereocenters. The number of nitrogens with zero attached hydrogens (tertiary/aromatic N) is 2. The van der Waals surface area contributed by atoms with E-state index in [1.165, 1.54) is 18.6 Å². The predicted octanol–water partition coefficient (Wildman–Crippen LogP) is 1.69. The molecule has 0 amide bonds. The van der Waals surface area contributed by atoms with Crippen molar-refractivity contribution in [3.63, 3.8) is 0 Å². The number of hydrogen-bond donors (Lipinski definition) is 2. The molecule has 0 aromatic carbocycles. The van der Waals surface area contributed by atoms with Crippen LogP contribution in [-0.4, -0.2) is 20.6 Å². The van der Waals surface area contributed by atoms with E-state index in [1.807, 2.05) is 24.2 Å². The molecule has 16 heavy (non-hydrogen) atoms. The van der Waals surface area contributed by atoms with Gasteiger partial charge in [0.05, 0.1) is 6.04 Å². The largest absolute Gasteiger partial charge is 0.334 e. The van der Waals surface area contributed by atoms with Crippen LogP contribution >= 0.6 is 11.8 Å². The fraction of sp³-hybridized carbons (Fsp3) is 0.727. The highest BCUT2D eigenvalue weighted by molar-refractivity contribution is 8.00. The Balaban J connectivity index is 2.15. The van der Waals surface area contributed by atoms with Gasteiger partial charge in [-0.1, -0.05) is 6.92 Å². The SMILES string of the molecule is CCCn1ccnc1C(NN)C1CCCS1. The molecular weight excluding hydrogens is 220 g/mol. The van der Waals surface area contributed by atoms with Crippen LogP contribution in [0.25, 0.3) is 0 Å². The highest BCUT2D eigenvalue weighted by Gasteiger charge is 2.28. The van der Waals surface area contributed by atoms with Gasteiger partial charge in [-0.2, -0.15) is 11.8 Å². The van der Waals surface area contributed by atoms with E-state index in [2.05, 4.69) is 21.9 Å². The summed E-state index contributed by atoms with van der Waals surface area (Å²) in [5.74, 6) is 8.03. The molecule has 2 heterocycles. The predicted molar refractivity (Wildman–Crippen MR) is 68.1 cm³/mol. The molecule has 0 saturated carbocycles. The number of rotatable bonds is 5. The van der Waals surface area contributed by atoms with Gasteiger partial charge in [-0.05, 0) is 25.0 Å². The Morgan fingerprint density at radius 2 is 2.62 bits per heavy atom. The van der Waals surface area contributed by atoms with Gasteiger partial charge in [0.25, 0.3) is 0 Å². The second kappa shape index (κ2) is 5.70. The van der Waals surface area contributed by atoms with Gasteiger partial charge >= 0.3 is 0 Å². The minimum absolute atomic E-state index is 0.189. The molecule has 0 spiro atoms. The second-order valence-electron chi connectivity index (χ2n) is 4.17. The molecule has 90 valence electrons. The monoisotopic (exact) mass is 240 g/mol. The zero-order valence-corrected chi connectivity index (χ0v) is 10.5. The van der Waals surface area contributed by atoms with Gasteiger partial charge in [0.2, 0.25) is 0 Å². The summed E-state index contributed by atoms with van der Waals surface area (Å²) in [5, 5.41) is 0.572. The van der Waals surface area contributed by atoms with Crippen molar-refractivity contribution in [2.75, 3.05) is 5.75 Å². The number of imidazole rings is 1. The molecule has 0 aliphatic carbocycles. The Hall–Kier alpha value is -0.520. The van der Waals surface area contributed by atoms with E-state index in [0.29, 0.717) is 5.25 Å². The molecule has 3 N–H and O–H groups in total. The number of nitrogens with two attached hydrogens (primary N) is 1. The maximum Gasteiger partial charge on any atom is 0.128 e. The third-order valence-electron chi connectivity index (χ3n) is 3.01. The zero-order valence-electron chi connectivity index (χ0n) is 9.72. The zero-order chi connectivity index (χ0) is 11.4. The summed E-state index contributed by atoms with van der Waals surface area (Å²) in [4.78, 5) is 4.46. The lowest BCUT2D eigenvalue weighted by Gasteiger charge is -2.22. The number of hydrogen-bond acceptors (Lipinski definition) is 4. The first-order valence-corrected chi connectivity index (χ1v) is 7.00. The molecule has 4 nitrogen and oxygen atoms in total. The quantitative estimate of drug-likeness (QED) is 0.607. The van der Waals surface area contributed by atoms with Crippen LogP contribution in [0.4, 0.5) is 0 Å². The van der Waals surface area contributed by atoms with Gasteiger partial charge in [-0.25, -0.2) is 10.4 Å². The molecule has 1 aliphatic rings. The fourth-order valence-electron chi connectivity index (χ4n) is 2.24. The van der Waals surface area contributed by atoms with Crippen molar-refractivity contribution in [3.05, 3.63) is 18.2 Å². The van der Waals surface area contributed by atoms with E-state index in [0.717, 1.165) is 18.8 Å². The molecule has 1 fully saturated rings. The number of aryl methyl sites for hydroxylation is 1. The van der Waals surface area contributed by atoms with Crippen LogP contribution in [0.2, 0.25) is 0 Å². The minimum Gasteiger partial charge on any atom is -0.334 e. The van der Waals surface area contributed by atoms with Crippen LogP contribution in [0.5, 0.6) is 0 Å². The number of nitrogens with one attached hydrogen (secondary N) is 1. The van der Waals surface area contributed by atoms with Crippen molar-refractivity contribution < 1.29 is 0 Å². The molecule has 1 aromatic rings. The summed E-state index contributed by atoms with van der Waals surface area (Å²) in [5.41, 5.74) is 2.94. The molecular formula is C11H20N4S. The van der Waals surface area contributed by atoms with E-state index in [9.17, 15) is 0 Å². The Labute approximate surface area is 101 Å². The highest BCUT2D eigenvalue weighted by Crippen LogP contribution is 2.35. The Kier molecular flexibility index (Phi) is 4.26. The number of thioether (sulfide) groups is 1. The van der Waals surface area contributed by atoms with E-state index in [-0.39, 0.29) is 6.04 Å². The molecule has 1 saturated heterocycles. The summed E-state index contributed by atoms with van der Waals surface area (Å²) in [6, 6.07) is 0.189. The molecule has 5 heteroatoms. The van der Waals surface area contributed by atoms with Crippen LogP contribution in [0.3, 0.4) is 0 Å². The van der Waals surface area contributed by atoms with Crippen molar-refractivity contribution in [1.82, 2.24) is 15.0 Å². The Morgan fingerprint density at radius 1 is 1.75 bits per heavy atom. The van der Waals surface area contributed by atoms with Gasteiger partial charge in [-0.3, -0.25) is 5.84 Å². The lowest BCUT2D eigenvalue weighted by atomic mass is 10.1. The molecule has 0 bridgehead atoms. The Bertz CT molecular complexity index is 320. The van der Waals surface area contributed by atoms with Crippen molar-refractivity contribution in [2.45, 2.75) is 44.0 Å². The van der Waals surface area contributed by atoms with Crippen molar-refractivity contribution in [3.8, 4) is 0 Å². The fourth-order valence-corrected chi connectivity index (χ4v) is 3.61. The van der Waals surface area contributed by atoms with Gasteiger partial charge < -0.3 is 4.57 Å². The normalized spacial score (nSPS) is 22.5. The minimum atomic E-state index is 0.189. The Morgan fingerprint density at radius 3 is 3.25 bits per heavy atom. The first kappa shape index (κ1) is 12.0. The number of aromatic nitrogens is 2. The third-order valence-corrected chi connectivity index (χ3v) is 4.47. The lowest BCUT2D eigenvalue weighted by Crippen LogP contribution is -2.36. The van der Waals surface area contributed by atoms with Gasteiger partial charge in [0, 0.05) is 24.2 Å². The average molecular weight is 240 g/mol. The molecule has 2 rings (SSSR count). The van der Waals surface area contributed by atoms with Gasteiger partial charge in [0.1, 0.15) is 5.82 Å². The topological polar surface area (TPSA) is 55.9 Å². The lowest BCUT2D eigenvalue weighted by molar-refractivity contribution is 0.468. The first-order chi connectivity index (χ1) is 7.86. The highest BCUT2D eigenvalue weighted by atomic mass is 32.2. The summed E-state index contributed by atoms with van der Waals surface area (Å²) in [7, 11) is 0. The molecule has 2 unspecified atom stereocenters. The maximum atomic E-state index is 5.69. The first-order valence-electron chi connectivity index (χ1n) is 5.95. The van der Waals surface area contributed by atoms with Crippen LogP contribution < -0.4 is 11.3 Å². The average Bonchev–Trinajstić information content (AvgIpc) is 2.92. The van der Waals surface area contributed by atoms with Gasteiger partial charge in [0.15, 0.2) is 0 Å². The molecule has 0 radical (unpaired) electrons. The smallest absolute Gasteiger partial charge is 0.128 e. The van der Waals surface area contributed by atoms with Gasteiger partial charge in [-0.15, -0.1) is 0 Å². The summed E-state index contributed by atoms with van der Waals surface area (Å²) < 4.78 is 2.21. The van der Waals surface area contributed by atoms with Crippen molar-refractivity contribution in [1.29, 1.82) is 0 Å². The van der Waals surface area contributed by atoms with E-state index in [4.69, 9.17) is 5.84 Å². The van der Waals surface area contributed by atoms with E-state index in [1.54, 1.807) is 0 Å². The number of hydrazine groups is 1. The third kappa shape index (κ3) is 2.42. The van der Waals surface area contributed by atoms with E-state index < -0.39 is 0 Å². The summed E-state index contributed by atoms with van der Waals surface area (Å²) in [6.45, 7) is 3.20. The maximum absolute atomic E-state index is 5.69. The van der Waals surface area contributed by atoms with Crippen LogP contribution in [0.1, 0.15) is 38.1 Å². The van der Waals surface area contributed by atoms with Crippen LogP contribution in [0, 0.1) is 0 Å². The van der Waals surface area contributed by atoms with Crippen molar-refractivity contribution in [2.24, 2.45) is 5.84 Å². The summed E-state index contributed by atoms with van der Waals surface area (Å²) in [6.07, 6.45) is 7.57. The summed E-state index contributed by atoms with van der Waals surface area (Å²) >= 11 is 2.00. The molecule has 1 aromatic heterocycles. The van der Waals surface area contributed by atoms with Crippen LogP contribution in [0.15, 0.2) is 12.4 Å². The standard InChI is InChI=1S/C11H20N4S/c1-2-6-15-7-5-13-11(15)10(14-12)9-4-3-8-16-9/h5,7,9-10,14H,2-4,6,8,12H2,1H3. The van der Waals surface area contributed by atoms with E-state index >= 15 is 0 Å².